The number of hydrogen-bond donors (Lipinski definition) is 1. The van der Waals surface area contributed by atoms with Gasteiger partial charge in [-0.2, -0.15) is 11.8 Å². The monoisotopic (exact) mass is 289 g/mol. The van der Waals surface area contributed by atoms with Crippen LogP contribution in [0.15, 0.2) is 18.2 Å². The van der Waals surface area contributed by atoms with Gasteiger partial charge in [-0.3, -0.25) is 0 Å². The number of halogens is 2. The summed E-state index contributed by atoms with van der Waals surface area (Å²) < 4.78 is 13.3. The van der Waals surface area contributed by atoms with Gasteiger partial charge in [0.2, 0.25) is 0 Å². The Balaban J connectivity index is 2.59. The van der Waals surface area contributed by atoms with E-state index in [9.17, 15) is 4.39 Å². The molecule has 1 rings (SSSR count). The van der Waals surface area contributed by atoms with Gasteiger partial charge in [-0.1, -0.05) is 38.4 Å². The van der Waals surface area contributed by atoms with Crippen molar-refractivity contribution in [3.8, 4) is 0 Å². The highest BCUT2D eigenvalue weighted by atomic mass is 35.5. The number of rotatable bonds is 5. The van der Waals surface area contributed by atoms with Gasteiger partial charge in [-0.15, -0.1) is 0 Å². The van der Waals surface area contributed by atoms with Gasteiger partial charge < -0.3 is 5.32 Å². The van der Waals surface area contributed by atoms with Gasteiger partial charge in [0.15, 0.2) is 0 Å². The molecule has 1 aromatic rings. The summed E-state index contributed by atoms with van der Waals surface area (Å²) in [5.74, 6) is 0.667. The third-order valence-electron chi connectivity index (χ3n) is 2.59. The highest BCUT2D eigenvalue weighted by Gasteiger charge is 2.15. The molecule has 1 N–H and O–H groups in total. The molecule has 0 aromatic heterocycles. The largest absolute Gasteiger partial charge is 0.316 e. The van der Waals surface area contributed by atoms with Gasteiger partial charge in [-0.05, 0) is 31.2 Å². The van der Waals surface area contributed by atoms with Gasteiger partial charge in [0.1, 0.15) is 5.82 Å². The van der Waals surface area contributed by atoms with Gasteiger partial charge in [0.05, 0.1) is 5.02 Å². The van der Waals surface area contributed by atoms with Gasteiger partial charge in [0, 0.05) is 16.5 Å². The summed E-state index contributed by atoms with van der Waals surface area (Å²) in [6.45, 7) is 6.62. The first-order chi connectivity index (χ1) is 8.31. The molecule has 1 unspecified atom stereocenters. The Morgan fingerprint density at radius 3 is 2.56 bits per heavy atom. The average molecular weight is 290 g/mol. The molecule has 0 fully saturated rings. The Morgan fingerprint density at radius 2 is 2.06 bits per heavy atom. The van der Waals surface area contributed by atoms with Crippen molar-refractivity contribution in [3.63, 3.8) is 0 Å². The first-order valence-electron chi connectivity index (χ1n) is 6.07. The standard InChI is InChI=1S/C14H21ClFNS/c1-14(2,3)18-9-11(17-4)7-10-5-6-13(16)12(15)8-10/h5-6,8,11,17H,7,9H2,1-4H3. The second-order valence-corrected chi connectivity index (χ2v) is 7.62. The fourth-order valence-electron chi connectivity index (χ4n) is 1.55. The third-order valence-corrected chi connectivity index (χ3v) is 4.32. The van der Waals surface area contributed by atoms with Crippen LogP contribution in [0.3, 0.4) is 0 Å². The van der Waals surface area contributed by atoms with Crippen molar-refractivity contribution < 1.29 is 4.39 Å². The molecule has 0 heterocycles. The summed E-state index contributed by atoms with van der Waals surface area (Å²) in [6, 6.07) is 5.31. The normalized spacial score (nSPS) is 13.7. The molecule has 0 saturated carbocycles. The van der Waals surface area contributed by atoms with Gasteiger partial charge >= 0.3 is 0 Å². The number of nitrogens with one attached hydrogen (secondary N) is 1. The Hall–Kier alpha value is -0.250. The van der Waals surface area contributed by atoms with E-state index in [4.69, 9.17) is 11.6 Å². The van der Waals surface area contributed by atoms with Crippen LogP contribution in [0, 0.1) is 5.82 Å². The summed E-state index contributed by atoms with van der Waals surface area (Å²) in [7, 11) is 1.96. The number of hydrogen-bond acceptors (Lipinski definition) is 2. The van der Waals surface area contributed by atoms with Crippen LogP contribution in [0.25, 0.3) is 0 Å². The number of thioether (sulfide) groups is 1. The summed E-state index contributed by atoms with van der Waals surface area (Å²) in [4.78, 5) is 0. The van der Waals surface area contributed by atoms with E-state index in [1.807, 2.05) is 18.8 Å². The van der Waals surface area contributed by atoms with Crippen LogP contribution < -0.4 is 5.32 Å². The molecule has 0 aliphatic carbocycles. The summed E-state index contributed by atoms with van der Waals surface area (Å²) >= 11 is 7.71. The van der Waals surface area contributed by atoms with E-state index in [2.05, 4.69) is 26.1 Å². The van der Waals surface area contributed by atoms with Gasteiger partial charge in [-0.25, -0.2) is 4.39 Å². The molecular weight excluding hydrogens is 269 g/mol. The fraction of sp³-hybridized carbons (Fsp3) is 0.571. The third kappa shape index (κ3) is 5.59. The molecule has 0 aliphatic heterocycles. The van der Waals surface area contributed by atoms with Crippen LogP contribution in [0.1, 0.15) is 26.3 Å². The maximum atomic E-state index is 13.1. The molecule has 0 amide bonds. The average Bonchev–Trinajstić information content (AvgIpc) is 2.28. The Morgan fingerprint density at radius 1 is 1.39 bits per heavy atom. The second-order valence-electron chi connectivity index (χ2n) is 5.36. The van der Waals surface area contributed by atoms with Crippen molar-refractivity contribution in [1.82, 2.24) is 5.32 Å². The topological polar surface area (TPSA) is 12.0 Å². The van der Waals surface area contributed by atoms with E-state index in [-0.39, 0.29) is 15.6 Å². The van der Waals surface area contributed by atoms with E-state index < -0.39 is 0 Å². The van der Waals surface area contributed by atoms with Gasteiger partial charge in [0.25, 0.3) is 0 Å². The van der Waals surface area contributed by atoms with E-state index in [1.54, 1.807) is 12.1 Å². The first-order valence-corrected chi connectivity index (χ1v) is 7.43. The predicted octanol–water partition coefficient (Wildman–Crippen LogP) is 4.14. The zero-order valence-corrected chi connectivity index (χ0v) is 13.0. The van der Waals surface area contributed by atoms with Crippen molar-refractivity contribution in [2.45, 2.75) is 38.0 Å². The lowest BCUT2D eigenvalue weighted by Gasteiger charge is -2.22. The zero-order valence-electron chi connectivity index (χ0n) is 11.4. The van der Waals surface area contributed by atoms with Crippen LogP contribution in [-0.2, 0) is 6.42 Å². The molecular formula is C14H21ClFNS. The van der Waals surface area contributed by atoms with Crippen molar-refractivity contribution in [2.24, 2.45) is 0 Å². The van der Waals surface area contributed by atoms with Crippen LogP contribution in [0.2, 0.25) is 5.02 Å². The highest BCUT2D eigenvalue weighted by molar-refractivity contribution is 8.00. The Labute approximate surface area is 118 Å². The molecule has 102 valence electrons. The zero-order chi connectivity index (χ0) is 13.8. The predicted molar refractivity (Wildman–Crippen MR) is 80.2 cm³/mol. The molecule has 0 spiro atoms. The number of likely N-dealkylation sites (N-methyl/N-ethyl adjacent to an activating group) is 1. The van der Waals surface area contributed by atoms with Crippen LogP contribution >= 0.6 is 23.4 Å². The smallest absolute Gasteiger partial charge is 0.141 e. The molecule has 0 aliphatic rings. The molecule has 0 bridgehead atoms. The molecule has 1 nitrogen and oxygen atoms in total. The molecule has 1 atom stereocenters. The SMILES string of the molecule is CNC(CSC(C)(C)C)Cc1ccc(F)c(Cl)c1. The summed E-state index contributed by atoms with van der Waals surface area (Å²) in [6.07, 6.45) is 0.861. The second kappa shape index (κ2) is 6.78. The quantitative estimate of drug-likeness (QED) is 0.874. The minimum absolute atomic E-state index is 0.200. The lowest BCUT2D eigenvalue weighted by atomic mass is 10.1. The van der Waals surface area contributed by atoms with E-state index >= 15 is 0 Å². The van der Waals surface area contributed by atoms with Crippen LogP contribution in [-0.4, -0.2) is 23.6 Å². The lowest BCUT2D eigenvalue weighted by Crippen LogP contribution is -2.31. The minimum Gasteiger partial charge on any atom is -0.316 e. The Kier molecular flexibility index (Phi) is 5.96. The Bertz CT molecular complexity index is 390. The van der Waals surface area contributed by atoms with E-state index in [0.717, 1.165) is 17.7 Å². The fourth-order valence-corrected chi connectivity index (χ4v) is 2.73. The lowest BCUT2D eigenvalue weighted by molar-refractivity contribution is 0.607. The molecule has 4 heteroatoms. The van der Waals surface area contributed by atoms with Crippen LogP contribution in [0.5, 0.6) is 0 Å². The van der Waals surface area contributed by atoms with Crippen molar-refractivity contribution >= 4 is 23.4 Å². The maximum Gasteiger partial charge on any atom is 0.141 e. The summed E-state index contributed by atoms with van der Waals surface area (Å²) in [5.41, 5.74) is 1.07. The molecule has 0 radical (unpaired) electrons. The first kappa shape index (κ1) is 15.8. The van der Waals surface area contributed by atoms with E-state index in [1.165, 1.54) is 6.07 Å². The molecule has 18 heavy (non-hydrogen) atoms. The highest BCUT2D eigenvalue weighted by Crippen LogP contribution is 2.25. The van der Waals surface area contributed by atoms with Crippen molar-refractivity contribution in [1.29, 1.82) is 0 Å². The van der Waals surface area contributed by atoms with Crippen molar-refractivity contribution in [3.05, 3.63) is 34.6 Å². The maximum absolute atomic E-state index is 13.1. The minimum atomic E-state index is -0.356. The van der Waals surface area contributed by atoms with Crippen molar-refractivity contribution in [2.75, 3.05) is 12.8 Å². The summed E-state index contributed by atoms with van der Waals surface area (Å²) in [5, 5.41) is 3.50. The molecule has 1 aromatic carbocycles. The van der Waals surface area contributed by atoms with E-state index in [0.29, 0.717) is 6.04 Å². The molecule has 0 saturated heterocycles. The number of benzene rings is 1. The van der Waals surface area contributed by atoms with Crippen LogP contribution in [0.4, 0.5) is 4.39 Å².